The highest BCUT2D eigenvalue weighted by molar-refractivity contribution is 5.69. The molecule has 0 heterocycles. The molecule has 4 nitrogen and oxygen atoms in total. The molecule has 0 fully saturated rings. The van der Waals surface area contributed by atoms with E-state index in [0.29, 0.717) is 19.4 Å². The van der Waals surface area contributed by atoms with Crippen LogP contribution in [0.15, 0.2) is 0 Å². The highest BCUT2D eigenvalue weighted by atomic mass is 16.5. The molecule has 1 N–H and O–H groups in total. The third kappa shape index (κ3) is 6.44. The molecule has 0 saturated heterocycles. The van der Waals surface area contributed by atoms with Crippen LogP contribution >= 0.6 is 0 Å². The number of carbonyl (C=O) groups is 1. The van der Waals surface area contributed by atoms with Crippen LogP contribution in [0.1, 0.15) is 33.6 Å². The average Bonchev–Trinajstić information content (AvgIpc) is 2.03. The molecule has 4 heteroatoms. The maximum atomic E-state index is 11.1. The Morgan fingerprint density at radius 3 is 2.64 bits per heavy atom. The second-order valence-electron chi connectivity index (χ2n) is 3.34. The fraction of sp³-hybridized carbons (Fsp3) is 0.800. The number of carbonyl (C=O) groups excluding carboxylic acids is 1. The Hall–Kier alpha value is -1.08. The largest absolute Gasteiger partial charge is 0.466 e. The van der Waals surface area contributed by atoms with Crippen molar-refractivity contribution in [3.63, 3.8) is 0 Å². The summed E-state index contributed by atoms with van der Waals surface area (Å²) < 4.78 is 4.81. The number of nitrogens with one attached hydrogen (secondary N) is 1. The van der Waals surface area contributed by atoms with Gasteiger partial charge in [0.2, 0.25) is 0 Å². The number of hydrogen-bond acceptors (Lipinski definition) is 4. The quantitative estimate of drug-likeness (QED) is 0.652. The molecule has 2 atom stereocenters. The number of hydrogen-bond donors (Lipinski definition) is 1. The fourth-order valence-electron chi connectivity index (χ4n) is 1.21. The van der Waals surface area contributed by atoms with Crippen LogP contribution in [-0.2, 0) is 9.53 Å². The lowest BCUT2D eigenvalue weighted by Gasteiger charge is -2.16. The van der Waals surface area contributed by atoms with Gasteiger partial charge in [0, 0.05) is 12.1 Å². The summed E-state index contributed by atoms with van der Waals surface area (Å²) in [5, 5.41) is 11.6. The van der Waals surface area contributed by atoms with E-state index in [1.165, 1.54) is 0 Å². The number of nitrogens with zero attached hydrogens (tertiary/aromatic N) is 1. The van der Waals surface area contributed by atoms with E-state index in [4.69, 9.17) is 10.00 Å². The van der Waals surface area contributed by atoms with Crippen LogP contribution in [0.5, 0.6) is 0 Å². The van der Waals surface area contributed by atoms with Gasteiger partial charge in [-0.05, 0) is 20.8 Å². The molecule has 0 aliphatic carbocycles. The lowest BCUT2D eigenvalue weighted by atomic mass is 10.2. The Bertz CT molecular complexity index is 211. The van der Waals surface area contributed by atoms with E-state index in [2.05, 4.69) is 11.4 Å². The first-order chi connectivity index (χ1) is 6.60. The van der Waals surface area contributed by atoms with Crippen molar-refractivity contribution in [2.24, 2.45) is 0 Å². The molecule has 0 aromatic carbocycles. The molecule has 0 radical (unpaired) electrons. The maximum Gasteiger partial charge on any atom is 0.307 e. The second-order valence-corrected chi connectivity index (χ2v) is 3.34. The predicted octanol–water partition coefficient (Wildman–Crippen LogP) is 1.22. The summed E-state index contributed by atoms with van der Waals surface area (Å²) in [6.07, 6.45) is 0.802. The van der Waals surface area contributed by atoms with E-state index in [9.17, 15) is 4.79 Å². The number of nitriles is 1. The van der Waals surface area contributed by atoms with Gasteiger partial charge in [-0.3, -0.25) is 4.79 Å². The van der Waals surface area contributed by atoms with E-state index < -0.39 is 0 Å². The minimum absolute atomic E-state index is 0.0531. The van der Waals surface area contributed by atoms with Crippen LogP contribution in [-0.4, -0.2) is 24.7 Å². The Morgan fingerprint density at radius 2 is 2.14 bits per heavy atom. The standard InChI is InChI=1S/C10H18N2O2/c1-4-14-10(13)7-9(3)12-8(2)5-6-11/h8-9,12H,4-5,7H2,1-3H3. The normalized spacial score (nSPS) is 14.1. The van der Waals surface area contributed by atoms with Crippen molar-refractivity contribution in [3.8, 4) is 6.07 Å². The molecule has 0 saturated carbocycles. The molecule has 0 aromatic heterocycles. The zero-order chi connectivity index (χ0) is 11.0. The molecule has 0 amide bonds. The molecule has 14 heavy (non-hydrogen) atoms. The topological polar surface area (TPSA) is 62.1 Å². The molecule has 0 aliphatic heterocycles. The van der Waals surface area contributed by atoms with E-state index in [0.717, 1.165) is 0 Å². The summed E-state index contributed by atoms with van der Waals surface area (Å²) in [5.74, 6) is -0.198. The Kier molecular flexibility index (Phi) is 6.77. The third-order valence-corrected chi connectivity index (χ3v) is 1.74. The van der Waals surface area contributed by atoms with Crippen LogP contribution < -0.4 is 5.32 Å². The smallest absolute Gasteiger partial charge is 0.307 e. The third-order valence-electron chi connectivity index (χ3n) is 1.74. The number of rotatable bonds is 6. The van der Waals surface area contributed by atoms with Gasteiger partial charge in [0.05, 0.1) is 25.5 Å². The van der Waals surface area contributed by atoms with Crippen LogP contribution in [0.25, 0.3) is 0 Å². The van der Waals surface area contributed by atoms with Gasteiger partial charge in [-0.25, -0.2) is 0 Å². The lowest BCUT2D eigenvalue weighted by molar-refractivity contribution is -0.143. The minimum Gasteiger partial charge on any atom is -0.466 e. The molecule has 80 valence electrons. The maximum absolute atomic E-state index is 11.1. The van der Waals surface area contributed by atoms with E-state index in [1.54, 1.807) is 6.92 Å². The Morgan fingerprint density at radius 1 is 1.50 bits per heavy atom. The molecular formula is C10H18N2O2. The van der Waals surface area contributed by atoms with Gasteiger partial charge in [0.15, 0.2) is 0 Å². The minimum atomic E-state index is -0.198. The summed E-state index contributed by atoms with van der Waals surface area (Å²) in [6, 6.07) is 2.24. The van der Waals surface area contributed by atoms with Crippen molar-refractivity contribution >= 4 is 5.97 Å². The summed E-state index contributed by atoms with van der Waals surface area (Å²) >= 11 is 0. The van der Waals surface area contributed by atoms with Gasteiger partial charge in [0.1, 0.15) is 0 Å². The van der Waals surface area contributed by atoms with Crippen molar-refractivity contribution in [1.82, 2.24) is 5.32 Å². The average molecular weight is 198 g/mol. The first-order valence-corrected chi connectivity index (χ1v) is 4.88. The summed E-state index contributed by atoms with van der Waals surface area (Å²) in [4.78, 5) is 11.1. The molecular weight excluding hydrogens is 180 g/mol. The second kappa shape index (κ2) is 7.34. The van der Waals surface area contributed by atoms with Crippen molar-refractivity contribution in [3.05, 3.63) is 0 Å². The summed E-state index contributed by atoms with van der Waals surface area (Å²) in [6.45, 7) is 6.03. The lowest BCUT2D eigenvalue weighted by Crippen LogP contribution is -2.36. The van der Waals surface area contributed by atoms with Crippen LogP contribution in [0.4, 0.5) is 0 Å². The monoisotopic (exact) mass is 198 g/mol. The Labute approximate surface area is 85.2 Å². The van der Waals surface area contributed by atoms with Gasteiger partial charge in [0.25, 0.3) is 0 Å². The van der Waals surface area contributed by atoms with Crippen molar-refractivity contribution in [2.45, 2.75) is 45.7 Å². The van der Waals surface area contributed by atoms with Crippen molar-refractivity contribution < 1.29 is 9.53 Å². The Balaban J connectivity index is 3.69. The molecule has 0 aromatic rings. The summed E-state index contributed by atoms with van der Waals surface area (Å²) in [7, 11) is 0. The zero-order valence-electron chi connectivity index (χ0n) is 9.04. The van der Waals surface area contributed by atoms with Gasteiger partial charge in [-0.15, -0.1) is 0 Å². The highest BCUT2D eigenvalue weighted by Crippen LogP contribution is 1.98. The van der Waals surface area contributed by atoms with Gasteiger partial charge in [-0.1, -0.05) is 0 Å². The van der Waals surface area contributed by atoms with Crippen LogP contribution in [0, 0.1) is 11.3 Å². The molecule has 0 bridgehead atoms. The molecule has 0 rings (SSSR count). The van der Waals surface area contributed by atoms with Crippen molar-refractivity contribution in [2.75, 3.05) is 6.61 Å². The van der Waals surface area contributed by atoms with Gasteiger partial charge in [-0.2, -0.15) is 5.26 Å². The molecule has 0 aliphatic rings. The highest BCUT2D eigenvalue weighted by Gasteiger charge is 2.11. The zero-order valence-corrected chi connectivity index (χ0v) is 9.04. The number of esters is 1. The molecule has 0 spiro atoms. The first kappa shape index (κ1) is 12.9. The fourth-order valence-corrected chi connectivity index (χ4v) is 1.21. The van der Waals surface area contributed by atoms with Gasteiger partial charge < -0.3 is 10.1 Å². The van der Waals surface area contributed by atoms with E-state index in [-0.39, 0.29) is 18.1 Å². The van der Waals surface area contributed by atoms with Crippen LogP contribution in [0.3, 0.4) is 0 Å². The molecule has 2 unspecified atom stereocenters. The number of ether oxygens (including phenoxy) is 1. The first-order valence-electron chi connectivity index (χ1n) is 4.88. The van der Waals surface area contributed by atoms with E-state index in [1.807, 2.05) is 13.8 Å². The predicted molar refractivity (Wildman–Crippen MR) is 53.5 cm³/mol. The van der Waals surface area contributed by atoms with Crippen molar-refractivity contribution in [1.29, 1.82) is 5.26 Å². The summed E-state index contributed by atoms with van der Waals surface area (Å²) in [5.41, 5.74) is 0. The van der Waals surface area contributed by atoms with Gasteiger partial charge >= 0.3 is 5.97 Å². The van der Waals surface area contributed by atoms with E-state index >= 15 is 0 Å². The van der Waals surface area contributed by atoms with Crippen LogP contribution in [0.2, 0.25) is 0 Å². The SMILES string of the molecule is CCOC(=O)CC(C)NC(C)CC#N.